The SMILES string of the molecule is CCn1nc(C)c(Br)c1CC(NC)c1cccc(C)n1. The molecule has 2 aromatic rings. The fourth-order valence-electron chi connectivity index (χ4n) is 2.37. The predicted octanol–water partition coefficient (Wildman–Crippen LogP) is 3.18. The van der Waals surface area contributed by atoms with Gasteiger partial charge in [-0.15, -0.1) is 0 Å². The van der Waals surface area contributed by atoms with Crippen LogP contribution in [0, 0.1) is 13.8 Å². The number of halogens is 1. The molecule has 108 valence electrons. The molecule has 0 fully saturated rings. The maximum absolute atomic E-state index is 4.63. The van der Waals surface area contributed by atoms with Crippen LogP contribution in [0.4, 0.5) is 0 Å². The van der Waals surface area contributed by atoms with Crippen LogP contribution in [-0.2, 0) is 13.0 Å². The molecule has 1 N–H and O–H groups in total. The number of aromatic nitrogens is 3. The zero-order chi connectivity index (χ0) is 14.7. The first kappa shape index (κ1) is 15.2. The minimum absolute atomic E-state index is 0.188. The van der Waals surface area contributed by atoms with Gasteiger partial charge in [-0.3, -0.25) is 9.67 Å². The summed E-state index contributed by atoms with van der Waals surface area (Å²) in [7, 11) is 1.97. The second-order valence-electron chi connectivity index (χ2n) is 4.91. The van der Waals surface area contributed by atoms with Gasteiger partial charge in [0.2, 0.25) is 0 Å². The Morgan fingerprint density at radius 3 is 2.70 bits per heavy atom. The number of likely N-dealkylation sites (N-methyl/N-ethyl adjacent to an activating group) is 1. The quantitative estimate of drug-likeness (QED) is 0.911. The van der Waals surface area contributed by atoms with E-state index in [1.807, 2.05) is 27.0 Å². The number of pyridine rings is 1. The zero-order valence-corrected chi connectivity index (χ0v) is 14.0. The molecule has 0 radical (unpaired) electrons. The van der Waals surface area contributed by atoms with Gasteiger partial charge in [0.15, 0.2) is 0 Å². The lowest BCUT2D eigenvalue weighted by molar-refractivity contribution is 0.530. The Labute approximate surface area is 128 Å². The highest BCUT2D eigenvalue weighted by molar-refractivity contribution is 9.10. The van der Waals surface area contributed by atoms with E-state index in [0.29, 0.717) is 0 Å². The van der Waals surface area contributed by atoms with Gasteiger partial charge in [0.25, 0.3) is 0 Å². The summed E-state index contributed by atoms with van der Waals surface area (Å²) in [5, 5.41) is 7.91. The lowest BCUT2D eigenvalue weighted by Gasteiger charge is -2.17. The smallest absolute Gasteiger partial charge is 0.0738 e. The van der Waals surface area contributed by atoms with E-state index < -0.39 is 0 Å². The number of nitrogens with one attached hydrogen (secondary N) is 1. The van der Waals surface area contributed by atoms with Crippen molar-refractivity contribution in [3.8, 4) is 0 Å². The van der Waals surface area contributed by atoms with Crippen LogP contribution in [0.3, 0.4) is 0 Å². The number of hydrogen-bond acceptors (Lipinski definition) is 3. The molecule has 5 heteroatoms. The van der Waals surface area contributed by atoms with Crippen molar-refractivity contribution in [3.05, 3.63) is 45.4 Å². The topological polar surface area (TPSA) is 42.7 Å². The van der Waals surface area contributed by atoms with Crippen LogP contribution in [0.2, 0.25) is 0 Å². The first-order valence-electron chi connectivity index (χ1n) is 6.89. The number of nitrogens with zero attached hydrogens (tertiary/aromatic N) is 3. The molecule has 20 heavy (non-hydrogen) atoms. The average Bonchev–Trinajstić information content (AvgIpc) is 2.71. The van der Waals surface area contributed by atoms with Crippen molar-refractivity contribution < 1.29 is 0 Å². The van der Waals surface area contributed by atoms with E-state index in [0.717, 1.165) is 34.5 Å². The third-order valence-corrected chi connectivity index (χ3v) is 4.50. The summed E-state index contributed by atoms with van der Waals surface area (Å²) in [6.45, 7) is 7.03. The molecule has 0 spiro atoms. The summed E-state index contributed by atoms with van der Waals surface area (Å²) in [5.41, 5.74) is 4.37. The van der Waals surface area contributed by atoms with Crippen molar-refractivity contribution in [2.75, 3.05) is 7.05 Å². The summed E-state index contributed by atoms with van der Waals surface area (Å²) >= 11 is 3.66. The minimum Gasteiger partial charge on any atom is -0.311 e. The van der Waals surface area contributed by atoms with Crippen LogP contribution < -0.4 is 5.32 Å². The van der Waals surface area contributed by atoms with Crippen molar-refractivity contribution in [2.45, 2.75) is 39.8 Å². The molecule has 1 unspecified atom stereocenters. The molecule has 0 aromatic carbocycles. The highest BCUT2D eigenvalue weighted by Gasteiger charge is 2.18. The van der Waals surface area contributed by atoms with E-state index in [9.17, 15) is 0 Å². The lowest BCUT2D eigenvalue weighted by Crippen LogP contribution is -2.22. The van der Waals surface area contributed by atoms with Gasteiger partial charge < -0.3 is 5.32 Å². The largest absolute Gasteiger partial charge is 0.311 e. The molecule has 0 bridgehead atoms. The second kappa shape index (κ2) is 6.50. The van der Waals surface area contributed by atoms with E-state index in [2.05, 4.69) is 55.1 Å². The van der Waals surface area contributed by atoms with Gasteiger partial charge in [0, 0.05) is 18.7 Å². The van der Waals surface area contributed by atoms with Gasteiger partial charge in [-0.2, -0.15) is 5.10 Å². The Balaban J connectivity index is 2.31. The van der Waals surface area contributed by atoms with Crippen LogP contribution in [0.15, 0.2) is 22.7 Å². The first-order chi connectivity index (χ1) is 9.56. The fourth-order valence-corrected chi connectivity index (χ4v) is 2.82. The Hall–Kier alpha value is -1.20. The normalized spacial score (nSPS) is 12.7. The van der Waals surface area contributed by atoms with Crippen LogP contribution in [0.5, 0.6) is 0 Å². The molecule has 0 aliphatic heterocycles. The van der Waals surface area contributed by atoms with Gasteiger partial charge in [-0.25, -0.2) is 0 Å². The van der Waals surface area contributed by atoms with E-state index in [1.165, 1.54) is 5.69 Å². The summed E-state index contributed by atoms with van der Waals surface area (Å²) < 4.78 is 3.16. The molecular formula is C15H21BrN4. The molecule has 2 heterocycles. The molecule has 4 nitrogen and oxygen atoms in total. The van der Waals surface area contributed by atoms with Crippen molar-refractivity contribution >= 4 is 15.9 Å². The summed E-state index contributed by atoms with van der Waals surface area (Å²) in [6, 6.07) is 6.33. The molecule has 2 rings (SSSR count). The predicted molar refractivity (Wildman–Crippen MR) is 84.8 cm³/mol. The van der Waals surface area contributed by atoms with Crippen molar-refractivity contribution in [3.63, 3.8) is 0 Å². The first-order valence-corrected chi connectivity index (χ1v) is 7.68. The summed E-state index contributed by atoms with van der Waals surface area (Å²) in [5.74, 6) is 0. The van der Waals surface area contributed by atoms with E-state index in [4.69, 9.17) is 0 Å². The van der Waals surface area contributed by atoms with Crippen LogP contribution in [0.1, 0.15) is 35.7 Å². The molecular weight excluding hydrogens is 316 g/mol. The number of rotatable bonds is 5. The van der Waals surface area contributed by atoms with Gasteiger partial charge in [-0.05, 0) is 55.9 Å². The Bertz CT molecular complexity index is 592. The van der Waals surface area contributed by atoms with Crippen LogP contribution >= 0.6 is 15.9 Å². The standard InChI is InChI=1S/C15H21BrN4/c1-5-20-14(15(16)11(3)19-20)9-13(17-4)12-8-6-7-10(2)18-12/h6-8,13,17H,5,9H2,1-4H3. The zero-order valence-electron chi connectivity index (χ0n) is 12.4. The van der Waals surface area contributed by atoms with E-state index in [1.54, 1.807) is 0 Å². The Morgan fingerprint density at radius 1 is 1.35 bits per heavy atom. The van der Waals surface area contributed by atoms with Gasteiger partial charge in [-0.1, -0.05) is 6.07 Å². The van der Waals surface area contributed by atoms with Crippen molar-refractivity contribution in [1.29, 1.82) is 0 Å². The Kier molecular flexibility index (Phi) is 4.94. The molecule has 2 aromatic heterocycles. The van der Waals surface area contributed by atoms with Gasteiger partial charge in [0.05, 0.1) is 27.6 Å². The molecule has 0 amide bonds. The minimum atomic E-state index is 0.188. The molecule has 0 saturated heterocycles. The average molecular weight is 337 g/mol. The third kappa shape index (κ3) is 3.10. The maximum atomic E-state index is 4.63. The highest BCUT2D eigenvalue weighted by Crippen LogP contribution is 2.26. The van der Waals surface area contributed by atoms with Gasteiger partial charge in [0.1, 0.15) is 0 Å². The van der Waals surface area contributed by atoms with E-state index in [-0.39, 0.29) is 6.04 Å². The second-order valence-corrected chi connectivity index (χ2v) is 5.70. The molecule has 0 aliphatic carbocycles. The van der Waals surface area contributed by atoms with Crippen molar-refractivity contribution in [2.24, 2.45) is 0 Å². The van der Waals surface area contributed by atoms with Crippen molar-refractivity contribution in [1.82, 2.24) is 20.1 Å². The molecule has 0 aliphatic rings. The van der Waals surface area contributed by atoms with Gasteiger partial charge >= 0.3 is 0 Å². The highest BCUT2D eigenvalue weighted by atomic mass is 79.9. The lowest BCUT2D eigenvalue weighted by atomic mass is 10.1. The molecule has 0 saturated carbocycles. The summed E-state index contributed by atoms with van der Waals surface area (Å²) in [6.07, 6.45) is 0.863. The third-order valence-electron chi connectivity index (χ3n) is 3.47. The summed E-state index contributed by atoms with van der Waals surface area (Å²) in [4.78, 5) is 4.63. The molecule has 1 atom stereocenters. The van der Waals surface area contributed by atoms with Crippen LogP contribution in [-0.4, -0.2) is 21.8 Å². The number of aryl methyl sites for hydroxylation is 3. The monoisotopic (exact) mass is 336 g/mol. The van der Waals surface area contributed by atoms with E-state index >= 15 is 0 Å². The van der Waals surface area contributed by atoms with Crippen LogP contribution in [0.25, 0.3) is 0 Å². The maximum Gasteiger partial charge on any atom is 0.0738 e. The Morgan fingerprint density at radius 2 is 2.10 bits per heavy atom. The fraction of sp³-hybridized carbons (Fsp3) is 0.467. The number of hydrogen-bond donors (Lipinski definition) is 1.